The molecule has 0 rings (SSSR count). The molecule has 0 aromatic rings. The first kappa shape index (κ1) is 14.1. The van der Waals surface area contributed by atoms with E-state index < -0.39 is 0 Å². The lowest BCUT2D eigenvalue weighted by Gasteiger charge is -2.14. The molecule has 0 radical (unpaired) electrons. The third-order valence-electron chi connectivity index (χ3n) is 2.05. The maximum Gasteiger partial charge on any atom is 0.228 e. The van der Waals surface area contributed by atoms with Crippen molar-refractivity contribution in [2.24, 2.45) is 5.92 Å². The Morgan fingerprint density at radius 1 is 1.27 bits per heavy atom. The van der Waals surface area contributed by atoms with Crippen LogP contribution in [0.25, 0.3) is 0 Å². The summed E-state index contributed by atoms with van der Waals surface area (Å²) in [6, 6.07) is 0. The fourth-order valence-corrected chi connectivity index (χ4v) is 1.14. The molecule has 0 saturated carbocycles. The van der Waals surface area contributed by atoms with Crippen molar-refractivity contribution in [1.82, 2.24) is 9.80 Å². The minimum absolute atomic E-state index is 0.0787. The minimum Gasteiger partial charge on any atom is -0.372 e. The van der Waals surface area contributed by atoms with E-state index in [9.17, 15) is 4.79 Å². The van der Waals surface area contributed by atoms with Crippen molar-refractivity contribution in [3.8, 4) is 0 Å². The van der Waals surface area contributed by atoms with E-state index in [0.29, 0.717) is 6.42 Å². The first-order chi connectivity index (χ1) is 6.86. The molecule has 1 unspecified atom stereocenters. The van der Waals surface area contributed by atoms with Gasteiger partial charge in [0.25, 0.3) is 0 Å². The second-order valence-corrected chi connectivity index (χ2v) is 4.41. The number of carbonyl (C=O) groups excluding carboxylic acids is 1. The van der Waals surface area contributed by atoms with Crippen LogP contribution in [0.4, 0.5) is 0 Å². The molecule has 0 aromatic heterocycles. The second-order valence-electron chi connectivity index (χ2n) is 3.94. The van der Waals surface area contributed by atoms with E-state index in [1.165, 1.54) is 0 Å². The van der Waals surface area contributed by atoms with Crippen molar-refractivity contribution in [2.75, 3.05) is 28.2 Å². The van der Waals surface area contributed by atoms with Gasteiger partial charge in [0.1, 0.15) is 0 Å². The maximum absolute atomic E-state index is 11.5. The van der Waals surface area contributed by atoms with Crippen LogP contribution in [-0.4, -0.2) is 48.9 Å². The normalized spacial score (nSPS) is 12.6. The summed E-state index contributed by atoms with van der Waals surface area (Å²) in [6.45, 7) is 1.89. The molecule has 0 spiro atoms. The third kappa shape index (κ3) is 5.52. The number of hydrogen-bond acceptors (Lipinski definition) is 2. The molecule has 86 valence electrons. The first-order valence-electron chi connectivity index (χ1n) is 4.94. The predicted octanol–water partition coefficient (Wildman–Crippen LogP) is 1.55. The Hall–Kier alpha value is -0.900. The zero-order chi connectivity index (χ0) is 12.0. The standard InChI is InChI=1S/C11H20N2OS/c1-9(11(14)13(4)5)7-6-8-10(15)12(2)3/h6-7,9H,8H2,1-5H3/b7-6+. The van der Waals surface area contributed by atoms with Crippen LogP contribution in [0.2, 0.25) is 0 Å². The Morgan fingerprint density at radius 2 is 1.80 bits per heavy atom. The van der Waals surface area contributed by atoms with Crippen LogP contribution in [0.1, 0.15) is 13.3 Å². The molecular weight excluding hydrogens is 208 g/mol. The maximum atomic E-state index is 11.5. The van der Waals surface area contributed by atoms with E-state index in [-0.39, 0.29) is 11.8 Å². The largest absolute Gasteiger partial charge is 0.372 e. The van der Waals surface area contributed by atoms with Crippen molar-refractivity contribution in [3.05, 3.63) is 12.2 Å². The molecule has 0 aliphatic carbocycles. The molecule has 0 aliphatic heterocycles. The monoisotopic (exact) mass is 228 g/mol. The summed E-state index contributed by atoms with van der Waals surface area (Å²) in [5, 5.41) is 0. The third-order valence-corrected chi connectivity index (χ3v) is 2.58. The van der Waals surface area contributed by atoms with E-state index in [0.717, 1.165) is 4.99 Å². The van der Waals surface area contributed by atoms with Gasteiger partial charge in [-0.05, 0) is 0 Å². The van der Waals surface area contributed by atoms with Crippen LogP contribution < -0.4 is 0 Å². The van der Waals surface area contributed by atoms with Crippen molar-refractivity contribution < 1.29 is 4.79 Å². The molecule has 3 nitrogen and oxygen atoms in total. The van der Waals surface area contributed by atoms with Gasteiger partial charge < -0.3 is 9.80 Å². The number of hydrogen-bond donors (Lipinski definition) is 0. The Kier molecular flexibility index (Phi) is 6.17. The molecular formula is C11H20N2OS. The molecule has 1 atom stereocenters. The SMILES string of the molecule is CC(/C=C/CC(=S)N(C)C)C(=O)N(C)C. The molecule has 0 bridgehead atoms. The van der Waals surface area contributed by atoms with E-state index >= 15 is 0 Å². The van der Waals surface area contributed by atoms with Crippen molar-refractivity contribution in [2.45, 2.75) is 13.3 Å². The molecule has 15 heavy (non-hydrogen) atoms. The topological polar surface area (TPSA) is 23.6 Å². The number of rotatable bonds is 4. The summed E-state index contributed by atoms with van der Waals surface area (Å²) < 4.78 is 0. The van der Waals surface area contributed by atoms with Gasteiger partial charge in [-0.15, -0.1) is 0 Å². The van der Waals surface area contributed by atoms with Gasteiger partial charge in [0.15, 0.2) is 0 Å². The lowest BCUT2D eigenvalue weighted by molar-refractivity contribution is -0.130. The van der Waals surface area contributed by atoms with Gasteiger partial charge in [-0.2, -0.15) is 0 Å². The van der Waals surface area contributed by atoms with Crippen LogP contribution in [0.5, 0.6) is 0 Å². The number of carbonyl (C=O) groups is 1. The average molecular weight is 228 g/mol. The van der Waals surface area contributed by atoms with E-state index in [2.05, 4.69) is 0 Å². The Labute approximate surface area is 97.7 Å². The van der Waals surface area contributed by atoms with Crippen LogP contribution in [0.3, 0.4) is 0 Å². The number of amides is 1. The highest BCUT2D eigenvalue weighted by Gasteiger charge is 2.10. The van der Waals surface area contributed by atoms with Gasteiger partial charge in [-0.25, -0.2) is 0 Å². The summed E-state index contributed by atoms with van der Waals surface area (Å²) in [5.74, 6) is 0.0342. The molecule has 1 amide bonds. The van der Waals surface area contributed by atoms with Gasteiger partial charge in [0.05, 0.1) is 10.9 Å². The van der Waals surface area contributed by atoms with Gasteiger partial charge in [0.2, 0.25) is 5.91 Å². The van der Waals surface area contributed by atoms with Crippen molar-refractivity contribution >= 4 is 23.1 Å². The molecule has 0 fully saturated rings. The molecule has 0 saturated heterocycles. The fourth-order valence-electron chi connectivity index (χ4n) is 1.05. The summed E-state index contributed by atoms with van der Waals surface area (Å²) in [4.78, 5) is 15.9. The lowest BCUT2D eigenvalue weighted by atomic mass is 10.1. The molecule has 0 aromatic carbocycles. The van der Waals surface area contributed by atoms with Gasteiger partial charge in [-0.3, -0.25) is 4.79 Å². The van der Waals surface area contributed by atoms with Gasteiger partial charge >= 0.3 is 0 Å². The zero-order valence-electron chi connectivity index (χ0n) is 10.2. The highest BCUT2D eigenvalue weighted by atomic mass is 32.1. The Balaban J connectivity index is 4.08. The van der Waals surface area contributed by atoms with Crippen LogP contribution in [0.15, 0.2) is 12.2 Å². The van der Waals surface area contributed by atoms with Crippen LogP contribution in [0, 0.1) is 5.92 Å². The van der Waals surface area contributed by atoms with Crippen LogP contribution in [-0.2, 0) is 4.79 Å². The number of nitrogens with zero attached hydrogens (tertiary/aromatic N) is 2. The highest BCUT2D eigenvalue weighted by molar-refractivity contribution is 7.80. The molecule has 4 heteroatoms. The smallest absolute Gasteiger partial charge is 0.228 e. The average Bonchev–Trinajstić information content (AvgIpc) is 2.15. The predicted molar refractivity (Wildman–Crippen MR) is 67.9 cm³/mol. The summed E-state index contributed by atoms with van der Waals surface area (Å²) in [5.41, 5.74) is 0. The highest BCUT2D eigenvalue weighted by Crippen LogP contribution is 2.03. The Morgan fingerprint density at radius 3 is 2.20 bits per heavy atom. The summed E-state index contributed by atoms with van der Waals surface area (Å²) in [7, 11) is 7.36. The zero-order valence-corrected chi connectivity index (χ0v) is 11.0. The van der Waals surface area contributed by atoms with Gasteiger partial charge in [-0.1, -0.05) is 31.3 Å². The van der Waals surface area contributed by atoms with Crippen LogP contribution >= 0.6 is 12.2 Å². The quantitative estimate of drug-likeness (QED) is 0.539. The molecule has 0 N–H and O–H groups in total. The lowest BCUT2D eigenvalue weighted by Crippen LogP contribution is -2.26. The van der Waals surface area contributed by atoms with Crippen molar-refractivity contribution in [3.63, 3.8) is 0 Å². The molecule has 0 aliphatic rings. The molecule has 0 heterocycles. The Bertz CT molecular complexity index is 259. The summed E-state index contributed by atoms with van der Waals surface area (Å²) >= 11 is 5.13. The second kappa shape index (κ2) is 6.56. The first-order valence-corrected chi connectivity index (χ1v) is 5.35. The van der Waals surface area contributed by atoms with E-state index in [4.69, 9.17) is 12.2 Å². The van der Waals surface area contributed by atoms with E-state index in [1.54, 1.807) is 19.0 Å². The summed E-state index contributed by atoms with van der Waals surface area (Å²) in [6.07, 6.45) is 4.57. The fraction of sp³-hybridized carbons (Fsp3) is 0.636. The number of thiocarbonyl (C=S) groups is 1. The van der Waals surface area contributed by atoms with E-state index in [1.807, 2.05) is 38.1 Å². The minimum atomic E-state index is -0.0787. The van der Waals surface area contributed by atoms with Gasteiger partial charge in [0, 0.05) is 34.6 Å². The van der Waals surface area contributed by atoms with Crippen molar-refractivity contribution in [1.29, 1.82) is 0 Å².